The Morgan fingerprint density at radius 1 is 1.19 bits per heavy atom. The van der Waals surface area contributed by atoms with Gasteiger partial charge in [0.05, 0.1) is 10.5 Å². The molecule has 1 fully saturated rings. The Balaban J connectivity index is 1.90. The Morgan fingerprint density at radius 3 is 2.62 bits per heavy atom. The molecule has 9 heteroatoms. The van der Waals surface area contributed by atoms with Crippen molar-refractivity contribution in [1.82, 2.24) is 4.90 Å². The number of carbonyl (C=O) groups is 1. The molecule has 1 amide bonds. The standard InChI is InChI=1S/C17H13F3N2O3S/c18-17(19,20)13-5-1-4-12(9-13)16-21(7-8-26-16)15(23)11-3-2-6-14(10-11)22(24)25/h1-6,9-10,16H,7-8H2/t16-/m1/s1. The topological polar surface area (TPSA) is 63.4 Å². The van der Waals surface area contributed by atoms with Crippen LogP contribution in [0.3, 0.4) is 0 Å². The van der Waals surface area contributed by atoms with Crippen molar-refractivity contribution in [2.45, 2.75) is 11.6 Å². The fourth-order valence-corrected chi connectivity index (χ4v) is 3.99. The molecule has 0 bridgehead atoms. The number of benzene rings is 2. The lowest BCUT2D eigenvalue weighted by atomic mass is 10.1. The van der Waals surface area contributed by atoms with Crippen LogP contribution in [-0.4, -0.2) is 28.0 Å². The Bertz CT molecular complexity index is 857. The van der Waals surface area contributed by atoms with Crippen LogP contribution in [0.15, 0.2) is 48.5 Å². The van der Waals surface area contributed by atoms with E-state index in [1.54, 1.807) is 6.07 Å². The average molecular weight is 382 g/mol. The number of halogens is 3. The highest BCUT2D eigenvalue weighted by Gasteiger charge is 2.35. The Kier molecular flexibility index (Phi) is 4.90. The number of rotatable bonds is 3. The fraction of sp³-hybridized carbons (Fsp3) is 0.235. The zero-order valence-electron chi connectivity index (χ0n) is 13.3. The van der Waals surface area contributed by atoms with Gasteiger partial charge < -0.3 is 4.90 Å². The van der Waals surface area contributed by atoms with Crippen LogP contribution in [0, 0.1) is 10.1 Å². The van der Waals surface area contributed by atoms with Crippen molar-refractivity contribution >= 4 is 23.4 Å². The maximum absolute atomic E-state index is 12.9. The van der Waals surface area contributed by atoms with E-state index in [1.165, 1.54) is 47.0 Å². The van der Waals surface area contributed by atoms with E-state index in [1.807, 2.05) is 0 Å². The van der Waals surface area contributed by atoms with Gasteiger partial charge in [-0.05, 0) is 23.8 Å². The SMILES string of the molecule is O=C(c1cccc([N+](=O)[O-])c1)N1CCS[C@@H]1c1cccc(C(F)(F)F)c1. The number of alkyl halides is 3. The summed E-state index contributed by atoms with van der Waals surface area (Å²) < 4.78 is 38.8. The Hall–Kier alpha value is -2.55. The number of hydrogen-bond donors (Lipinski definition) is 0. The Morgan fingerprint density at radius 2 is 1.92 bits per heavy atom. The molecule has 0 spiro atoms. The highest BCUT2D eigenvalue weighted by atomic mass is 32.2. The molecule has 1 aliphatic rings. The van der Waals surface area contributed by atoms with Gasteiger partial charge in [-0.2, -0.15) is 13.2 Å². The molecule has 0 radical (unpaired) electrons. The number of nitro benzene ring substituents is 1. The van der Waals surface area contributed by atoms with E-state index in [2.05, 4.69) is 0 Å². The fourth-order valence-electron chi connectivity index (χ4n) is 2.74. The summed E-state index contributed by atoms with van der Waals surface area (Å²) in [5.74, 6) is 0.128. The second kappa shape index (κ2) is 6.99. The van der Waals surface area contributed by atoms with Gasteiger partial charge in [0.2, 0.25) is 0 Å². The van der Waals surface area contributed by atoms with Gasteiger partial charge in [-0.15, -0.1) is 11.8 Å². The van der Waals surface area contributed by atoms with Crippen LogP contribution < -0.4 is 0 Å². The van der Waals surface area contributed by atoms with Gasteiger partial charge in [-0.3, -0.25) is 14.9 Å². The van der Waals surface area contributed by atoms with Crippen molar-refractivity contribution in [3.63, 3.8) is 0 Å². The lowest BCUT2D eigenvalue weighted by Crippen LogP contribution is -2.30. The smallest absolute Gasteiger partial charge is 0.322 e. The van der Waals surface area contributed by atoms with Crippen molar-refractivity contribution in [3.8, 4) is 0 Å². The van der Waals surface area contributed by atoms with Gasteiger partial charge in [-0.1, -0.05) is 18.2 Å². The molecule has 1 aliphatic heterocycles. The zero-order valence-corrected chi connectivity index (χ0v) is 14.1. The second-order valence-electron chi connectivity index (χ2n) is 5.65. The maximum atomic E-state index is 12.9. The molecule has 1 saturated heterocycles. The first kappa shape index (κ1) is 18.2. The molecule has 0 N–H and O–H groups in total. The minimum Gasteiger partial charge on any atom is -0.322 e. The molecule has 3 rings (SSSR count). The summed E-state index contributed by atoms with van der Waals surface area (Å²) in [5.41, 5.74) is -0.469. The maximum Gasteiger partial charge on any atom is 0.416 e. The molecule has 0 aromatic heterocycles. The van der Waals surface area contributed by atoms with E-state index in [-0.39, 0.29) is 11.3 Å². The van der Waals surface area contributed by atoms with Crippen LogP contribution in [0.4, 0.5) is 18.9 Å². The average Bonchev–Trinajstić information content (AvgIpc) is 3.10. The quantitative estimate of drug-likeness (QED) is 0.579. The minimum absolute atomic E-state index is 0.138. The lowest BCUT2D eigenvalue weighted by Gasteiger charge is -2.24. The van der Waals surface area contributed by atoms with Gasteiger partial charge >= 0.3 is 6.18 Å². The van der Waals surface area contributed by atoms with E-state index in [9.17, 15) is 28.1 Å². The van der Waals surface area contributed by atoms with E-state index >= 15 is 0 Å². The van der Waals surface area contributed by atoms with Gasteiger partial charge in [-0.25, -0.2) is 0 Å². The third-order valence-corrected chi connectivity index (χ3v) is 5.22. The minimum atomic E-state index is -4.46. The van der Waals surface area contributed by atoms with E-state index in [0.717, 1.165) is 12.1 Å². The normalized spacial score (nSPS) is 17.3. The number of non-ortho nitro benzene ring substituents is 1. The van der Waals surface area contributed by atoms with E-state index in [0.29, 0.717) is 17.9 Å². The molecule has 0 unspecified atom stereocenters. The van der Waals surface area contributed by atoms with E-state index < -0.39 is 27.9 Å². The third kappa shape index (κ3) is 3.67. The van der Waals surface area contributed by atoms with Gasteiger partial charge in [0.25, 0.3) is 11.6 Å². The molecule has 5 nitrogen and oxygen atoms in total. The van der Waals surface area contributed by atoms with Gasteiger partial charge in [0.1, 0.15) is 5.37 Å². The first-order valence-electron chi connectivity index (χ1n) is 7.61. The molecule has 1 heterocycles. The van der Waals surface area contributed by atoms with Gasteiger partial charge in [0, 0.05) is 30.0 Å². The number of nitro groups is 1. The molecule has 0 aliphatic carbocycles. The van der Waals surface area contributed by atoms with Gasteiger partial charge in [0.15, 0.2) is 0 Å². The molecular weight excluding hydrogens is 369 g/mol. The van der Waals surface area contributed by atoms with E-state index in [4.69, 9.17) is 0 Å². The molecule has 2 aromatic carbocycles. The van der Waals surface area contributed by atoms with Crippen molar-refractivity contribution < 1.29 is 22.9 Å². The van der Waals surface area contributed by atoms with Crippen molar-refractivity contribution in [3.05, 3.63) is 75.3 Å². The van der Waals surface area contributed by atoms with Crippen LogP contribution in [0.1, 0.15) is 26.9 Å². The number of nitrogens with zero attached hydrogens (tertiary/aromatic N) is 2. The summed E-state index contributed by atoms with van der Waals surface area (Å²) in [7, 11) is 0. The number of carbonyl (C=O) groups excluding carboxylic acids is 1. The summed E-state index contributed by atoms with van der Waals surface area (Å²) in [6, 6.07) is 10.2. The third-order valence-electron chi connectivity index (χ3n) is 3.95. The van der Waals surface area contributed by atoms with Crippen LogP contribution >= 0.6 is 11.8 Å². The highest BCUT2D eigenvalue weighted by molar-refractivity contribution is 7.99. The molecular formula is C17H13F3N2O3S. The largest absolute Gasteiger partial charge is 0.416 e. The number of hydrogen-bond acceptors (Lipinski definition) is 4. The summed E-state index contributed by atoms with van der Waals surface area (Å²) in [5, 5.41) is 10.3. The van der Waals surface area contributed by atoms with Crippen LogP contribution in [0.2, 0.25) is 0 Å². The van der Waals surface area contributed by atoms with Crippen molar-refractivity contribution in [2.24, 2.45) is 0 Å². The summed E-state index contributed by atoms with van der Waals surface area (Å²) >= 11 is 1.36. The second-order valence-corrected chi connectivity index (χ2v) is 6.84. The molecule has 2 aromatic rings. The number of thioether (sulfide) groups is 1. The molecule has 0 saturated carbocycles. The summed E-state index contributed by atoms with van der Waals surface area (Å²) in [6.45, 7) is 0.354. The summed E-state index contributed by atoms with van der Waals surface area (Å²) in [6.07, 6.45) is -4.46. The molecule has 1 atom stereocenters. The monoisotopic (exact) mass is 382 g/mol. The first-order valence-corrected chi connectivity index (χ1v) is 8.66. The summed E-state index contributed by atoms with van der Waals surface area (Å²) in [4.78, 5) is 24.5. The molecule has 26 heavy (non-hydrogen) atoms. The predicted octanol–water partition coefficient (Wildman–Crippen LogP) is 4.50. The highest BCUT2D eigenvalue weighted by Crippen LogP contribution is 2.40. The van der Waals surface area contributed by atoms with Crippen molar-refractivity contribution in [2.75, 3.05) is 12.3 Å². The van der Waals surface area contributed by atoms with Crippen LogP contribution in [-0.2, 0) is 6.18 Å². The predicted molar refractivity (Wildman–Crippen MR) is 90.8 cm³/mol. The van der Waals surface area contributed by atoms with Crippen molar-refractivity contribution in [1.29, 1.82) is 0 Å². The van der Waals surface area contributed by atoms with Crippen LogP contribution in [0.25, 0.3) is 0 Å². The zero-order chi connectivity index (χ0) is 18.9. The Labute approximate surface area is 151 Å². The van der Waals surface area contributed by atoms with Crippen LogP contribution in [0.5, 0.6) is 0 Å². The number of amides is 1. The molecule has 136 valence electrons. The first-order chi connectivity index (χ1) is 12.3. The lowest BCUT2D eigenvalue weighted by molar-refractivity contribution is -0.384.